The molecule has 3 aromatic carbocycles. The number of nitrogens with one attached hydrogen (secondary N) is 1. The van der Waals surface area contributed by atoms with E-state index in [2.05, 4.69) is 31.0 Å². The van der Waals surface area contributed by atoms with Gasteiger partial charge in [0.05, 0.1) is 12.6 Å². The van der Waals surface area contributed by atoms with Crippen LogP contribution in [0, 0.1) is 0 Å². The van der Waals surface area contributed by atoms with E-state index in [1.807, 2.05) is 60.3 Å². The van der Waals surface area contributed by atoms with E-state index in [9.17, 15) is 4.79 Å². The zero-order valence-corrected chi connectivity index (χ0v) is 21.6. The molecule has 1 aliphatic heterocycles. The van der Waals surface area contributed by atoms with Crippen molar-refractivity contribution in [2.24, 2.45) is 7.05 Å². The second kappa shape index (κ2) is 9.65. The van der Waals surface area contributed by atoms with Crippen LogP contribution in [0.5, 0.6) is 17.2 Å². The van der Waals surface area contributed by atoms with Gasteiger partial charge in [0.1, 0.15) is 22.9 Å². The summed E-state index contributed by atoms with van der Waals surface area (Å²) in [5.74, 6) is 2.41. The molecule has 1 N–H and O–H groups in total. The lowest BCUT2D eigenvalue weighted by molar-refractivity contribution is -0.130. The Morgan fingerprint density at radius 1 is 1.11 bits per heavy atom. The third kappa shape index (κ3) is 4.77. The Hall–Kier alpha value is -4.26. The molecule has 0 saturated carbocycles. The number of amides is 1. The number of fused-ring (bicyclic) bond motifs is 1. The molecule has 1 atom stereocenters. The molecule has 37 heavy (non-hydrogen) atoms. The first kappa shape index (κ1) is 24.4. The number of carbonyl (C=O) groups is 1. The summed E-state index contributed by atoms with van der Waals surface area (Å²) in [4.78, 5) is 12.3. The molecule has 1 aromatic heterocycles. The van der Waals surface area contributed by atoms with Crippen LogP contribution >= 0.6 is 0 Å². The van der Waals surface area contributed by atoms with E-state index in [1.165, 1.54) is 0 Å². The Morgan fingerprint density at radius 2 is 1.95 bits per heavy atom. The fourth-order valence-corrected chi connectivity index (χ4v) is 4.82. The highest BCUT2D eigenvalue weighted by atomic mass is 16.5. The predicted octanol–water partition coefficient (Wildman–Crippen LogP) is 5.91. The van der Waals surface area contributed by atoms with Crippen molar-refractivity contribution in [1.82, 2.24) is 15.1 Å². The number of methoxy groups -OCH3 is 1. The van der Waals surface area contributed by atoms with Gasteiger partial charge < -0.3 is 14.2 Å². The standard InChI is InChI=1S/C30H31N3O4/c1-6-8-21-16-22(28-25-13-12-23(35-5)17-26(25)33(4)32-28)11-14-27(21)36-24-10-7-9-20(15-24)18-30(3)29(34)31-19(2)37-30/h7,9-17H,2,6,8,18H2,1,3-5H3,(H,31,34)/t30-/m1/s1. The Bertz CT molecular complexity index is 1510. The molecule has 7 heteroatoms. The van der Waals surface area contributed by atoms with Crippen LogP contribution in [-0.2, 0) is 29.4 Å². The van der Waals surface area contributed by atoms with Gasteiger partial charge in [0.15, 0.2) is 11.5 Å². The van der Waals surface area contributed by atoms with Crippen LogP contribution in [0.2, 0.25) is 0 Å². The molecule has 4 aromatic rings. The van der Waals surface area contributed by atoms with Gasteiger partial charge in [-0.15, -0.1) is 0 Å². The molecular formula is C30H31N3O4. The van der Waals surface area contributed by atoms with Crippen LogP contribution in [0.3, 0.4) is 0 Å². The number of carbonyl (C=O) groups excluding carboxylic acids is 1. The van der Waals surface area contributed by atoms with Crippen molar-refractivity contribution in [3.63, 3.8) is 0 Å². The van der Waals surface area contributed by atoms with E-state index < -0.39 is 5.60 Å². The molecule has 1 amide bonds. The molecule has 2 heterocycles. The fraction of sp³-hybridized carbons (Fsp3) is 0.267. The molecule has 0 unspecified atom stereocenters. The highest BCUT2D eigenvalue weighted by molar-refractivity contribution is 5.94. The second-order valence-electron chi connectivity index (χ2n) is 9.56. The van der Waals surface area contributed by atoms with Crippen molar-refractivity contribution in [1.29, 1.82) is 0 Å². The number of benzene rings is 3. The van der Waals surface area contributed by atoms with Gasteiger partial charge in [-0.25, -0.2) is 0 Å². The molecule has 0 aliphatic carbocycles. The minimum absolute atomic E-state index is 0.190. The minimum Gasteiger partial charge on any atom is -0.497 e. The summed E-state index contributed by atoms with van der Waals surface area (Å²) in [6.07, 6.45) is 2.26. The molecule has 0 bridgehead atoms. The van der Waals surface area contributed by atoms with E-state index in [1.54, 1.807) is 14.0 Å². The lowest BCUT2D eigenvalue weighted by Crippen LogP contribution is -2.38. The Morgan fingerprint density at radius 3 is 2.68 bits per heavy atom. The SMILES string of the molecule is C=C1NC(=O)[C@@](C)(Cc2cccc(Oc3ccc(-c4nn(C)c5cc(OC)ccc45)cc3CCC)c2)O1. The molecule has 5 rings (SSSR count). The van der Waals surface area contributed by atoms with E-state index in [-0.39, 0.29) is 11.8 Å². The summed E-state index contributed by atoms with van der Waals surface area (Å²) in [6, 6.07) is 20.0. The van der Waals surface area contributed by atoms with Gasteiger partial charge in [0.2, 0.25) is 0 Å². The molecule has 7 nitrogen and oxygen atoms in total. The Labute approximate surface area is 216 Å². The fourth-order valence-electron chi connectivity index (χ4n) is 4.82. The highest BCUT2D eigenvalue weighted by Gasteiger charge is 2.42. The monoisotopic (exact) mass is 497 g/mol. The van der Waals surface area contributed by atoms with Crippen molar-refractivity contribution < 1.29 is 19.0 Å². The summed E-state index contributed by atoms with van der Waals surface area (Å²) in [5, 5.41) is 8.51. The largest absolute Gasteiger partial charge is 0.497 e. The van der Waals surface area contributed by atoms with Gasteiger partial charge in [0, 0.05) is 30.5 Å². The Kier molecular flexibility index (Phi) is 6.38. The number of rotatable bonds is 8. The van der Waals surface area contributed by atoms with Gasteiger partial charge >= 0.3 is 0 Å². The smallest absolute Gasteiger partial charge is 0.270 e. The van der Waals surface area contributed by atoms with Crippen LogP contribution < -0.4 is 14.8 Å². The zero-order chi connectivity index (χ0) is 26.2. The highest BCUT2D eigenvalue weighted by Crippen LogP contribution is 2.35. The quantitative estimate of drug-likeness (QED) is 0.327. The summed E-state index contributed by atoms with van der Waals surface area (Å²) in [5.41, 5.74) is 4.04. The third-order valence-electron chi connectivity index (χ3n) is 6.66. The average molecular weight is 498 g/mol. The van der Waals surface area contributed by atoms with Crippen LogP contribution in [-0.4, -0.2) is 28.4 Å². The topological polar surface area (TPSA) is 74.6 Å². The number of hydrogen-bond acceptors (Lipinski definition) is 5. The average Bonchev–Trinajstić information content (AvgIpc) is 3.34. The van der Waals surface area contributed by atoms with E-state index in [4.69, 9.17) is 19.3 Å². The normalized spacial score (nSPS) is 17.1. The molecule has 0 radical (unpaired) electrons. The lowest BCUT2D eigenvalue weighted by Gasteiger charge is -2.20. The predicted molar refractivity (Wildman–Crippen MR) is 144 cm³/mol. The van der Waals surface area contributed by atoms with Gasteiger partial charge in [0.25, 0.3) is 5.91 Å². The first-order valence-corrected chi connectivity index (χ1v) is 12.4. The molecule has 1 saturated heterocycles. The van der Waals surface area contributed by atoms with Crippen molar-refractivity contribution >= 4 is 16.8 Å². The summed E-state index contributed by atoms with van der Waals surface area (Å²) in [6.45, 7) is 7.63. The van der Waals surface area contributed by atoms with E-state index in [0.29, 0.717) is 12.2 Å². The summed E-state index contributed by atoms with van der Waals surface area (Å²) in [7, 11) is 3.61. The molecule has 1 aliphatic rings. The summed E-state index contributed by atoms with van der Waals surface area (Å²) < 4.78 is 19.3. The Balaban J connectivity index is 1.43. The number of hydrogen-bond donors (Lipinski definition) is 1. The summed E-state index contributed by atoms with van der Waals surface area (Å²) >= 11 is 0. The van der Waals surface area contributed by atoms with Crippen LogP contribution in [0.25, 0.3) is 22.2 Å². The van der Waals surface area contributed by atoms with Gasteiger partial charge in [-0.3, -0.25) is 14.8 Å². The molecule has 1 fully saturated rings. The van der Waals surface area contributed by atoms with Crippen molar-refractivity contribution in [2.45, 2.75) is 38.7 Å². The molecule has 0 spiro atoms. The van der Waals surface area contributed by atoms with Crippen LogP contribution in [0.1, 0.15) is 31.4 Å². The minimum atomic E-state index is -0.986. The first-order valence-electron chi connectivity index (χ1n) is 12.4. The second-order valence-corrected chi connectivity index (χ2v) is 9.56. The maximum absolute atomic E-state index is 12.3. The molecular weight excluding hydrogens is 466 g/mol. The van der Waals surface area contributed by atoms with Gasteiger partial charge in [-0.05, 0) is 73.5 Å². The first-order chi connectivity index (χ1) is 17.8. The lowest BCUT2D eigenvalue weighted by atomic mass is 9.96. The van der Waals surface area contributed by atoms with E-state index in [0.717, 1.165) is 57.6 Å². The number of aryl methyl sites for hydroxylation is 2. The number of ether oxygens (including phenoxy) is 3. The van der Waals surface area contributed by atoms with Crippen LogP contribution in [0.15, 0.2) is 73.1 Å². The van der Waals surface area contributed by atoms with Crippen LogP contribution in [0.4, 0.5) is 0 Å². The zero-order valence-electron chi connectivity index (χ0n) is 21.6. The van der Waals surface area contributed by atoms with E-state index >= 15 is 0 Å². The van der Waals surface area contributed by atoms with Crippen molar-refractivity contribution in [2.75, 3.05) is 7.11 Å². The van der Waals surface area contributed by atoms with Gasteiger partial charge in [-0.2, -0.15) is 5.10 Å². The third-order valence-corrected chi connectivity index (χ3v) is 6.66. The van der Waals surface area contributed by atoms with Crippen molar-refractivity contribution in [3.05, 3.63) is 84.3 Å². The molecule has 190 valence electrons. The maximum Gasteiger partial charge on any atom is 0.270 e. The van der Waals surface area contributed by atoms with Crippen molar-refractivity contribution in [3.8, 4) is 28.5 Å². The van der Waals surface area contributed by atoms with Gasteiger partial charge in [-0.1, -0.05) is 25.5 Å². The maximum atomic E-state index is 12.3. The number of aromatic nitrogens is 2. The number of nitrogens with zero attached hydrogens (tertiary/aromatic N) is 2.